The van der Waals surface area contributed by atoms with Gasteiger partial charge in [0.25, 0.3) is 0 Å². The van der Waals surface area contributed by atoms with Crippen LogP contribution < -0.4 is 5.43 Å². The van der Waals surface area contributed by atoms with Crippen LogP contribution in [0.25, 0.3) is 0 Å². The second kappa shape index (κ2) is 3.79. The number of halogens is 1. The molecular formula is C14H16FN3. The molecule has 3 nitrogen and oxygen atoms in total. The number of hydrazone groups is 1. The minimum absolute atomic E-state index is 0.124. The Morgan fingerprint density at radius 1 is 1.28 bits per heavy atom. The van der Waals surface area contributed by atoms with Crippen molar-refractivity contribution in [3.63, 3.8) is 0 Å². The molecule has 4 aliphatic rings. The van der Waals surface area contributed by atoms with Gasteiger partial charge in [0.1, 0.15) is 5.82 Å². The van der Waals surface area contributed by atoms with Crippen LogP contribution >= 0.6 is 0 Å². The van der Waals surface area contributed by atoms with Gasteiger partial charge in [-0.05, 0) is 43.6 Å². The predicted molar refractivity (Wildman–Crippen MR) is 67.8 cm³/mol. The normalized spacial score (nSPS) is 37.1. The van der Waals surface area contributed by atoms with E-state index in [9.17, 15) is 4.39 Å². The number of rotatable bonds is 1. The second-order valence-corrected chi connectivity index (χ2v) is 5.45. The van der Waals surface area contributed by atoms with Crippen molar-refractivity contribution in [2.45, 2.75) is 24.9 Å². The first-order valence-electron chi connectivity index (χ1n) is 6.65. The number of hydrogen-bond donors (Lipinski definition) is 1. The summed E-state index contributed by atoms with van der Waals surface area (Å²) in [7, 11) is 0. The van der Waals surface area contributed by atoms with E-state index in [1.54, 1.807) is 12.1 Å². The van der Waals surface area contributed by atoms with Crippen molar-refractivity contribution in [2.75, 3.05) is 13.1 Å². The molecule has 18 heavy (non-hydrogen) atoms. The van der Waals surface area contributed by atoms with Crippen molar-refractivity contribution in [3.05, 3.63) is 35.6 Å². The molecule has 1 aromatic rings. The molecule has 4 heterocycles. The third kappa shape index (κ3) is 1.42. The fourth-order valence-corrected chi connectivity index (χ4v) is 3.61. The molecule has 0 radical (unpaired) electrons. The van der Waals surface area contributed by atoms with Crippen LogP contribution in [0.5, 0.6) is 0 Å². The number of nitrogens with zero attached hydrogens (tertiary/aromatic N) is 2. The number of benzene rings is 1. The molecule has 2 bridgehead atoms. The zero-order valence-corrected chi connectivity index (χ0v) is 10.1. The molecule has 0 amide bonds. The molecule has 0 spiro atoms. The van der Waals surface area contributed by atoms with E-state index in [1.165, 1.54) is 24.6 Å². The van der Waals surface area contributed by atoms with Gasteiger partial charge in [0.05, 0.1) is 17.8 Å². The Balaban J connectivity index is 1.69. The van der Waals surface area contributed by atoms with E-state index in [0.717, 1.165) is 18.7 Å². The van der Waals surface area contributed by atoms with Crippen LogP contribution in [0, 0.1) is 11.7 Å². The van der Waals surface area contributed by atoms with Gasteiger partial charge in [0.2, 0.25) is 0 Å². The van der Waals surface area contributed by atoms with Crippen molar-refractivity contribution in [1.82, 2.24) is 10.3 Å². The molecule has 0 aromatic heterocycles. The summed E-state index contributed by atoms with van der Waals surface area (Å²) in [6.45, 7) is 2.31. The SMILES string of the molecule is Fc1cccc(C2NN=C3C4CCN(CC4)C32)c1. The van der Waals surface area contributed by atoms with Crippen molar-refractivity contribution in [1.29, 1.82) is 0 Å². The van der Waals surface area contributed by atoms with Crippen molar-refractivity contribution >= 4 is 5.71 Å². The van der Waals surface area contributed by atoms with E-state index in [0.29, 0.717) is 12.0 Å². The van der Waals surface area contributed by atoms with Crippen LogP contribution in [0.15, 0.2) is 29.4 Å². The lowest BCUT2D eigenvalue weighted by Crippen LogP contribution is -2.56. The molecule has 2 unspecified atom stereocenters. The average molecular weight is 245 g/mol. The van der Waals surface area contributed by atoms with Gasteiger partial charge in [-0.3, -0.25) is 4.90 Å². The van der Waals surface area contributed by atoms with Gasteiger partial charge in [0.15, 0.2) is 0 Å². The third-order valence-electron chi connectivity index (χ3n) is 4.50. The molecule has 1 N–H and O–H groups in total. The summed E-state index contributed by atoms with van der Waals surface area (Å²) >= 11 is 0. The van der Waals surface area contributed by atoms with Gasteiger partial charge in [-0.15, -0.1) is 0 Å². The quantitative estimate of drug-likeness (QED) is 0.818. The molecular weight excluding hydrogens is 229 g/mol. The Morgan fingerprint density at radius 3 is 2.89 bits per heavy atom. The summed E-state index contributed by atoms with van der Waals surface area (Å²) in [5.41, 5.74) is 5.52. The molecule has 3 saturated heterocycles. The first-order valence-corrected chi connectivity index (χ1v) is 6.65. The predicted octanol–water partition coefficient (Wildman–Crippen LogP) is 1.92. The van der Waals surface area contributed by atoms with E-state index < -0.39 is 0 Å². The highest BCUT2D eigenvalue weighted by Crippen LogP contribution is 2.38. The molecule has 4 aliphatic heterocycles. The van der Waals surface area contributed by atoms with Crippen LogP contribution in [-0.4, -0.2) is 29.7 Å². The first-order chi connectivity index (χ1) is 8.83. The van der Waals surface area contributed by atoms with Gasteiger partial charge in [-0.2, -0.15) is 5.10 Å². The maximum Gasteiger partial charge on any atom is 0.123 e. The Kier molecular flexibility index (Phi) is 2.21. The Bertz CT molecular complexity index is 506. The molecule has 94 valence electrons. The van der Waals surface area contributed by atoms with Crippen LogP contribution in [0.4, 0.5) is 4.39 Å². The summed E-state index contributed by atoms with van der Waals surface area (Å²) in [6, 6.07) is 7.36. The minimum Gasteiger partial charge on any atom is -0.301 e. The number of piperidine rings is 3. The molecule has 2 atom stereocenters. The fraction of sp³-hybridized carbons (Fsp3) is 0.500. The Hall–Kier alpha value is -1.42. The van der Waals surface area contributed by atoms with Crippen molar-refractivity contribution < 1.29 is 4.39 Å². The second-order valence-electron chi connectivity index (χ2n) is 5.45. The van der Waals surface area contributed by atoms with Gasteiger partial charge >= 0.3 is 0 Å². The molecule has 5 rings (SSSR count). The summed E-state index contributed by atoms with van der Waals surface area (Å²) in [4.78, 5) is 2.49. The average Bonchev–Trinajstić information content (AvgIpc) is 2.87. The molecule has 1 aromatic carbocycles. The molecule has 0 aliphatic carbocycles. The molecule has 3 fully saturated rings. The van der Waals surface area contributed by atoms with Crippen LogP contribution in [0.2, 0.25) is 0 Å². The maximum absolute atomic E-state index is 13.4. The van der Waals surface area contributed by atoms with Gasteiger partial charge < -0.3 is 5.43 Å². The maximum atomic E-state index is 13.4. The van der Waals surface area contributed by atoms with Gasteiger partial charge in [-0.25, -0.2) is 4.39 Å². The van der Waals surface area contributed by atoms with E-state index in [2.05, 4.69) is 15.4 Å². The highest BCUT2D eigenvalue weighted by molar-refractivity contribution is 5.95. The van der Waals surface area contributed by atoms with Gasteiger partial charge in [-0.1, -0.05) is 12.1 Å². The lowest BCUT2D eigenvalue weighted by atomic mass is 9.78. The minimum atomic E-state index is -0.168. The third-order valence-corrected chi connectivity index (χ3v) is 4.50. The standard InChI is InChI=1S/C14H16FN3/c15-11-3-1-2-10(8-11)13-14-12(16-17-13)9-4-6-18(14)7-5-9/h1-3,8-9,13-14,17H,4-7H2. The smallest absolute Gasteiger partial charge is 0.123 e. The lowest BCUT2D eigenvalue weighted by molar-refractivity contribution is 0.133. The highest BCUT2D eigenvalue weighted by Gasteiger charge is 2.46. The van der Waals surface area contributed by atoms with E-state index >= 15 is 0 Å². The topological polar surface area (TPSA) is 27.6 Å². The van der Waals surface area contributed by atoms with Gasteiger partial charge in [0, 0.05) is 5.92 Å². The summed E-state index contributed by atoms with van der Waals surface area (Å²) in [6.07, 6.45) is 2.46. The highest BCUT2D eigenvalue weighted by atomic mass is 19.1. The fourth-order valence-electron chi connectivity index (χ4n) is 3.61. The van der Waals surface area contributed by atoms with Crippen LogP contribution in [0.3, 0.4) is 0 Å². The zero-order valence-electron chi connectivity index (χ0n) is 10.1. The number of fused-ring (bicyclic) bond motifs is 2. The Labute approximate surface area is 106 Å². The summed E-state index contributed by atoms with van der Waals surface area (Å²) in [5, 5.41) is 4.53. The number of hydrogen-bond acceptors (Lipinski definition) is 3. The molecule has 4 heteroatoms. The summed E-state index contributed by atoms with van der Waals surface area (Å²) < 4.78 is 13.4. The first kappa shape index (κ1) is 10.5. The van der Waals surface area contributed by atoms with E-state index in [1.807, 2.05) is 6.07 Å². The zero-order chi connectivity index (χ0) is 12.1. The van der Waals surface area contributed by atoms with Crippen LogP contribution in [0.1, 0.15) is 24.4 Å². The number of nitrogens with one attached hydrogen (secondary N) is 1. The monoisotopic (exact) mass is 245 g/mol. The largest absolute Gasteiger partial charge is 0.301 e. The van der Waals surface area contributed by atoms with Crippen molar-refractivity contribution in [2.24, 2.45) is 11.0 Å². The Morgan fingerprint density at radius 2 is 2.11 bits per heavy atom. The summed E-state index contributed by atoms with van der Waals surface area (Å²) in [5.74, 6) is 0.477. The molecule has 0 saturated carbocycles. The van der Waals surface area contributed by atoms with Crippen LogP contribution in [-0.2, 0) is 0 Å². The lowest BCUT2D eigenvalue weighted by Gasteiger charge is -2.45. The van der Waals surface area contributed by atoms with E-state index in [4.69, 9.17) is 0 Å². The van der Waals surface area contributed by atoms with Crippen molar-refractivity contribution in [3.8, 4) is 0 Å². The van der Waals surface area contributed by atoms with E-state index in [-0.39, 0.29) is 11.9 Å².